The first kappa shape index (κ1) is 42.0. The summed E-state index contributed by atoms with van der Waals surface area (Å²) in [7, 11) is 0. The predicted molar refractivity (Wildman–Crippen MR) is 176 cm³/mol. The molecule has 0 radical (unpaired) electrons. The van der Waals surface area contributed by atoms with Gasteiger partial charge in [0, 0.05) is 30.5 Å². The summed E-state index contributed by atoms with van der Waals surface area (Å²) >= 11 is 0. The van der Waals surface area contributed by atoms with E-state index in [1.807, 2.05) is 48.5 Å². The number of carboxylic acid groups (broad SMARTS) is 1. The van der Waals surface area contributed by atoms with E-state index in [1.165, 1.54) is 0 Å². The second-order valence-electron chi connectivity index (χ2n) is 15.3. The van der Waals surface area contributed by atoms with E-state index in [0.29, 0.717) is 52.0 Å². The minimum absolute atomic E-state index is 0.00872. The molecule has 2 amide bonds. The molecule has 0 aromatic carbocycles. The molecule has 0 saturated carbocycles. The summed E-state index contributed by atoms with van der Waals surface area (Å²) in [6.45, 7) is 24.9. The number of nitrogens with one attached hydrogen (secondary N) is 3. The molecule has 258 valence electrons. The molecule has 10 heteroatoms. The minimum atomic E-state index is -0.979. The third-order valence-electron chi connectivity index (χ3n) is 7.72. The molecule has 0 aromatic heterocycles. The normalized spacial score (nSPS) is 14.9. The SMILES string of the molecule is CCC(C(=O)NCCOC(C)(C)CCOC(C)(C)CCC(=O)NCCCCC(NC(C)(C)C)C(=O)C(C)(C)C)C(C)C(=O)O. The van der Waals surface area contributed by atoms with Gasteiger partial charge in [0.05, 0.1) is 42.3 Å². The summed E-state index contributed by atoms with van der Waals surface area (Å²) in [6.07, 6.45) is 4.43. The van der Waals surface area contributed by atoms with Crippen molar-refractivity contribution in [1.29, 1.82) is 0 Å². The van der Waals surface area contributed by atoms with Gasteiger partial charge in [0.15, 0.2) is 5.78 Å². The van der Waals surface area contributed by atoms with Gasteiger partial charge in [-0.25, -0.2) is 0 Å². The van der Waals surface area contributed by atoms with E-state index in [-0.39, 0.29) is 29.2 Å². The number of ketones is 1. The van der Waals surface area contributed by atoms with Crippen LogP contribution in [0.1, 0.15) is 128 Å². The van der Waals surface area contributed by atoms with Gasteiger partial charge in [-0.3, -0.25) is 19.2 Å². The van der Waals surface area contributed by atoms with Crippen molar-refractivity contribution in [1.82, 2.24) is 16.0 Å². The molecule has 0 aliphatic heterocycles. The van der Waals surface area contributed by atoms with Crippen molar-refractivity contribution >= 4 is 23.6 Å². The zero-order valence-electron chi connectivity index (χ0n) is 29.9. The zero-order chi connectivity index (χ0) is 34.4. The van der Waals surface area contributed by atoms with Crippen molar-refractivity contribution in [2.45, 2.75) is 151 Å². The van der Waals surface area contributed by atoms with Crippen molar-refractivity contribution < 1.29 is 33.8 Å². The Morgan fingerprint density at radius 3 is 1.86 bits per heavy atom. The van der Waals surface area contributed by atoms with Crippen LogP contribution in [0, 0.1) is 17.3 Å². The molecule has 4 N–H and O–H groups in total. The summed E-state index contributed by atoms with van der Waals surface area (Å²) in [5.41, 5.74) is -1.51. The Bertz CT molecular complexity index is 904. The molecule has 0 rings (SSSR count). The first-order valence-corrected chi connectivity index (χ1v) is 16.4. The Kier molecular flexibility index (Phi) is 17.9. The van der Waals surface area contributed by atoms with E-state index >= 15 is 0 Å². The summed E-state index contributed by atoms with van der Waals surface area (Å²) < 4.78 is 12.0. The number of rotatable bonds is 22. The predicted octanol–water partition coefficient (Wildman–Crippen LogP) is 5.27. The van der Waals surface area contributed by atoms with Crippen LogP contribution in [0.2, 0.25) is 0 Å². The lowest BCUT2D eigenvalue weighted by atomic mass is 9.84. The van der Waals surface area contributed by atoms with E-state index in [9.17, 15) is 24.3 Å². The standard InChI is InChI=1S/C34H65N3O7/c1-13-25(24(2)30(41)42)29(40)36-21-23-44-34(11,12)19-22-43-33(9,10)18-17-27(38)35-20-15-14-16-26(37-32(6,7)8)28(39)31(3,4)5/h24-26,37H,13-23H2,1-12H3,(H,35,38)(H,36,40)(H,41,42). The highest BCUT2D eigenvalue weighted by atomic mass is 16.5. The van der Waals surface area contributed by atoms with Gasteiger partial charge in [-0.05, 0) is 87.0 Å². The largest absolute Gasteiger partial charge is 0.481 e. The summed E-state index contributed by atoms with van der Waals surface area (Å²) in [4.78, 5) is 48.9. The van der Waals surface area contributed by atoms with E-state index < -0.39 is 34.4 Å². The molecule has 0 saturated heterocycles. The second kappa shape index (κ2) is 18.8. The fourth-order valence-electron chi connectivity index (χ4n) is 4.81. The van der Waals surface area contributed by atoms with Crippen LogP contribution >= 0.6 is 0 Å². The van der Waals surface area contributed by atoms with Gasteiger partial charge in [-0.2, -0.15) is 0 Å². The summed E-state index contributed by atoms with van der Waals surface area (Å²) in [5.74, 6) is -2.36. The maximum Gasteiger partial charge on any atom is 0.307 e. The minimum Gasteiger partial charge on any atom is -0.481 e. The quantitative estimate of drug-likeness (QED) is 0.119. The number of aliphatic carboxylic acids is 1. The number of hydrogen-bond donors (Lipinski definition) is 4. The average Bonchev–Trinajstić information content (AvgIpc) is 2.87. The Morgan fingerprint density at radius 1 is 0.773 bits per heavy atom. The third-order valence-corrected chi connectivity index (χ3v) is 7.72. The lowest BCUT2D eigenvalue weighted by molar-refractivity contribution is -0.146. The molecule has 44 heavy (non-hydrogen) atoms. The molecule has 0 fully saturated rings. The second-order valence-corrected chi connectivity index (χ2v) is 15.3. The summed E-state index contributed by atoms with van der Waals surface area (Å²) in [5, 5.41) is 18.4. The smallest absolute Gasteiger partial charge is 0.307 e. The number of carbonyl (C=O) groups excluding carboxylic acids is 3. The highest BCUT2D eigenvalue weighted by Crippen LogP contribution is 2.22. The molecule has 3 unspecified atom stereocenters. The topological polar surface area (TPSA) is 143 Å². The number of unbranched alkanes of at least 4 members (excludes halogenated alkanes) is 1. The van der Waals surface area contributed by atoms with E-state index in [2.05, 4.69) is 36.7 Å². The van der Waals surface area contributed by atoms with Gasteiger partial charge in [-0.15, -0.1) is 0 Å². The van der Waals surface area contributed by atoms with Crippen molar-refractivity contribution in [3.63, 3.8) is 0 Å². The van der Waals surface area contributed by atoms with Crippen molar-refractivity contribution in [2.24, 2.45) is 17.3 Å². The molecule has 0 spiro atoms. The maximum atomic E-state index is 12.9. The first-order valence-electron chi connectivity index (χ1n) is 16.4. The lowest BCUT2D eigenvalue weighted by Crippen LogP contribution is -2.50. The molecule has 0 heterocycles. The maximum absolute atomic E-state index is 12.9. The van der Waals surface area contributed by atoms with E-state index in [1.54, 1.807) is 13.8 Å². The molecular formula is C34H65N3O7. The van der Waals surface area contributed by atoms with Crippen LogP contribution in [0.3, 0.4) is 0 Å². The van der Waals surface area contributed by atoms with Crippen molar-refractivity contribution in [2.75, 3.05) is 26.3 Å². The Hall–Kier alpha value is -2.04. The molecule has 0 aliphatic rings. The van der Waals surface area contributed by atoms with Crippen LogP contribution in [0.4, 0.5) is 0 Å². The number of carbonyl (C=O) groups is 4. The highest BCUT2D eigenvalue weighted by molar-refractivity contribution is 5.88. The molecule has 0 bridgehead atoms. The Balaban J connectivity index is 4.36. The van der Waals surface area contributed by atoms with Gasteiger partial charge in [0.1, 0.15) is 0 Å². The zero-order valence-corrected chi connectivity index (χ0v) is 29.9. The monoisotopic (exact) mass is 627 g/mol. The summed E-state index contributed by atoms with van der Waals surface area (Å²) in [6, 6.07) is -0.201. The number of carboxylic acids is 1. The lowest BCUT2D eigenvalue weighted by Gasteiger charge is -2.32. The fourth-order valence-corrected chi connectivity index (χ4v) is 4.81. The van der Waals surface area contributed by atoms with E-state index in [4.69, 9.17) is 9.47 Å². The average molecular weight is 628 g/mol. The van der Waals surface area contributed by atoms with Crippen molar-refractivity contribution in [3.8, 4) is 0 Å². The third kappa shape index (κ3) is 18.7. The number of amides is 2. The molecular weight excluding hydrogens is 562 g/mol. The van der Waals surface area contributed by atoms with Crippen LogP contribution < -0.4 is 16.0 Å². The van der Waals surface area contributed by atoms with Crippen LogP contribution in [-0.4, -0.2) is 77.8 Å². The van der Waals surface area contributed by atoms with Gasteiger partial charge in [-0.1, -0.05) is 34.6 Å². The van der Waals surface area contributed by atoms with Crippen LogP contribution in [0.15, 0.2) is 0 Å². The molecule has 3 atom stereocenters. The Labute approximate surface area is 267 Å². The molecule has 10 nitrogen and oxygen atoms in total. The number of ether oxygens (including phenoxy) is 2. The highest BCUT2D eigenvalue weighted by Gasteiger charge is 2.32. The Morgan fingerprint density at radius 2 is 1.34 bits per heavy atom. The van der Waals surface area contributed by atoms with Crippen LogP contribution in [0.5, 0.6) is 0 Å². The van der Waals surface area contributed by atoms with Gasteiger partial charge in [0.25, 0.3) is 0 Å². The van der Waals surface area contributed by atoms with Crippen LogP contribution in [0.25, 0.3) is 0 Å². The first-order chi connectivity index (χ1) is 20.0. The van der Waals surface area contributed by atoms with Crippen molar-refractivity contribution in [3.05, 3.63) is 0 Å². The molecule has 0 aliphatic carbocycles. The number of hydrogen-bond acceptors (Lipinski definition) is 7. The van der Waals surface area contributed by atoms with E-state index in [0.717, 1.165) is 19.3 Å². The van der Waals surface area contributed by atoms with Gasteiger partial charge < -0.3 is 30.5 Å². The fraction of sp³-hybridized carbons (Fsp3) is 0.882. The van der Waals surface area contributed by atoms with Crippen LogP contribution in [-0.2, 0) is 28.7 Å². The number of Topliss-reactive ketones (excluding diaryl/α,β-unsaturated/α-hetero) is 1. The molecule has 0 aromatic rings. The van der Waals surface area contributed by atoms with Gasteiger partial charge >= 0.3 is 5.97 Å². The van der Waals surface area contributed by atoms with Gasteiger partial charge in [0.2, 0.25) is 11.8 Å².